The minimum absolute atomic E-state index is 0.102. The second-order valence-electron chi connectivity index (χ2n) is 5.16. The van der Waals surface area contributed by atoms with Crippen LogP contribution in [0.4, 0.5) is 22.0 Å². The lowest BCUT2D eigenvalue weighted by Gasteiger charge is -2.27. The third kappa shape index (κ3) is 2.44. The van der Waals surface area contributed by atoms with Crippen LogP contribution in [-0.2, 0) is 14.4 Å². The maximum absolute atomic E-state index is 13.2. The molecule has 12 heteroatoms. The fraction of sp³-hybridized carbons (Fsp3) is 0.143. The maximum atomic E-state index is 13.2. The number of amides is 2. The largest absolute Gasteiger partial charge is 0.472 e. The van der Waals surface area contributed by atoms with Crippen molar-refractivity contribution in [2.24, 2.45) is 0 Å². The van der Waals surface area contributed by atoms with Crippen LogP contribution in [0.1, 0.15) is 20.7 Å². The molecule has 0 N–H and O–H groups in total. The first-order chi connectivity index (χ1) is 11.9. The van der Waals surface area contributed by atoms with Crippen molar-refractivity contribution in [2.75, 3.05) is 0 Å². The summed E-state index contributed by atoms with van der Waals surface area (Å²) in [4.78, 5) is 24.5. The van der Waals surface area contributed by atoms with Crippen LogP contribution < -0.4 is 0 Å². The lowest BCUT2D eigenvalue weighted by Crippen LogP contribution is -2.50. The smallest absolute Gasteiger partial charge is 0.266 e. The van der Waals surface area contributed by atoms with Crippen LogP contribution in [-0.4, -0.2) is 36.7 Å². The molecule has 0 saturated heterocycles. The van der Waals surface area contributed by atoms with E-state index in [4.69, 9.17) is 0 Å². The third-order valence-electron chi connectivity index (χ3n) is 3.55. The van der Waals surface area contributed by atoms with E-state index in [0.717, 1.165) is 12.1 Å². The first-order valence-corrected chi connectivity index (χ1v) is 8.08. The highest BCUT2D eigenvalue weighted by molar-refractivity contribution is 7.87. The summed E-state index contributed by atoms with van der Waals surface area (Å²) in [7, 11) is -6.73. The van der Waals surface area contributed by atoms with Crippen LogP contribution in [0.15, 0.2) is 36.4 Å². The molecule has 0 spiro atoms. The van der Waals surface area contributed by atoms with Crippen molar-refractivity contribution in [1.82, 2.24) is 5.06 Å². The summed E-state index contributed by atoms with van der Waals surface area (Å²) in [5.74, 6) is -2.97. The fourth-order valence-electron chi connectivity index (χ4n) is 2.36. The molecule has 1 aliphatic heterocycles. The van der Waals surface area contributed by atoms with Gasteiger partial charge in [-0.1, -0.05) is 24.3 Å². The number of nitrogens with zero attached hydrogens (tertiary/aromatic N) is 1. The Labute approximate surface area is 141 Å². The molecule has 0 aliphatic carbocycles. The number of benzene rings is 2. The number of rotatable bonds is 3. The summed E-state index contributed by atoms with van der Waals surface area (Å²) < 4.78 is 89.6. The van der Waals surface area contributed by atoms with Gasteiger partial charge in [0.05, 0.1) is 11.1 Å². The Bertz CT molecular complexity index is 997. The van der Waals surface area contributed by atoms with E-state index in [1.807, 2.05) is 0 Å². The maximum Gasteiger partial charge on any atom is 0.472 e. The van der Waals surface area contributed by atoms with Crippen LogP contribution in [0.5, 0.6) is 0 Å². The summed E-state index contributed by atoms with van der Waals surface area (Å²) in [6.45, 7) is 0. The summed E-state index contributed by atoms with van der Waals surface area (Å²) in [6, 6.07) is 8.04. The molecular weight excluding hydrogens is 389 g/mol. The highest BCUT2D eigenvalue weighted by atomic mass is 32.2. The normalized spacial score (nSPS) is 15.7. The van der Waals surface area contributed by atoms with Gasteiger partial charge in [0.2, 0.25) is 0 Å². The highest BCUT2D eigenvalue weighted by Crippen LogP contribution is 2.41. The Morgan fingerprint density at radius 3 is 1.73 bits per heavy atom. The first-order valence-electron chi connectivity index (χ1n) is 6.68. The number of alkyl halides is 5. The SMILES string of the molecule is O=C1c2cccc3cccc(c23)C(=O)N1OS(=O)(=O)C(F)(F)C(F)(F)F. The van der Waals surface area contributed by atoms with Gasteiger partial charge in [-0.3, -0.25) is 9.59 Å². The predicted molar refractivity (Wildman–Crippen MR) is 75.5 cm³/mol. The van der Waals surface area contributed by atoms with E-state index in [1.165, 1.54) is 24.3 Å². The monoisotopic (exact) mass is 395 g/mol. The zero-order valence-corrected chi connectivity index (χ0v) is 13.1. The summed E-state index contributed by atoms with van der Waals surface area (Å²) in [5, 5.41) is -6.44. The molecule has 138 valence electrons. The molecule has 6 nitrogen and oxygen atoms in total. The number of halogens is 5. The molecule has 0 bridgehead atoms. The molecule has 2 aromatic carbocycles. The lowest BCUT2D eigenvalue weighted by molar-refractivity contribution is -0.246. The Balaban J connectivity index is 2.09. The molecule has 1 aliphatic rings. The van der Waals surface area contributed by atoms with Crippen molar-refractivity contribution < 1.29 is 44.2 Å². The third-order valence-corrected chi connectivity index (χ3v) is 4.76. The number of hydrogen-bond donors (Lipinski definition) is 0. The van der Waals surface area contributed by atoms with E-state index in [1.54, 1.807) is 0 Å². The summed E-state index contributed by atoms with van der Waals surface area (Å²) in [6.07, 6.45) is -6.51. The molecule has 26 heavy (non-hydrogen) atoms. The molecule has 0 aromatic heterocycles. The average molecular weight is 395 g/mol. The molecule has 2 aromatic rings. The Hall–Kier alpha value is -2.60. The molecule has 0 radical (unpaired) electrons. The molecule has 3 rings (SSSR count). The summed E-state index contributed by atoms with van der Waals surface area (Å²) in [5.41, 5.74) is -0.577. The average Bonchev–Trinajstić information content (AvgIpc) is 2.55. The molecular formula is C14H6F5NO5S. The van der Waals surface area contributed by atoms with E-state index < -0.39 is 38.4 Å². The van der Waals surface area contributed by atoms with Gasteiger partial charge in [0, 0.05) is 5.39 Å². The van der Waals surface area contributed by atoms with E-state index in [0.29, 0.717) is 5.39 Å². The van der Waals surface area contributed by atoms with Gasteiger partial charge in [-0.15, -0.1) is 9.35 Å². The predicted octanol–water partition coefficient (Wildman–Crippen LogP) is 2.85. The van der Waals surface area contributed by atoms with Crippen LogP contribution in [0, 0.1) is 0 Å². The minimum atomic E-state index is -6.73. The van der Waals surface area contributed by atoms with Crippen LogP contribution in [0.2, 0.25) is 0 Å². The van der Waals surface area contributed by atoms with E-state index in [-0.39, 0.29) is 16.5 Å². The Kier molecular flexibility index (Phi) is 3.81. The molecule has 1 heterocycles. The topological polar surface area (TPSA) is 80.8 Å². The van der Waals surface area contributed by atoms with Crippen molar-refractivity contribution in [1.29, 1.82) is 0 Å². The van der Waals surface area contributed by atoms with Gasteiger partial charge in [0.25, 0.3) is 11.8 Å². The van der Waals surface area contributed by atoms with Gasteiger partial charge in [-0.2, -0.15) is 30.4 Å². The fourth-order valence-corrected chi connectivity index (χ4v) is 3.07. The van der Waals surface area contributed by atoms with Crippen LogP contribution in [0.25, 0.3) is 10.8 Å². The molecule has 2 amide bonds. The minimum Gasteiger partial charge on any atom is -0.266 e. The van der Waals surface area contributed by atoms with Gasteiger partial charge >= 0.3 is 21.5 Å². The van der Waals surface area contributed by atoms with Gasteiger partial charge < -0.3 is 0 Å². The van der Waals surface area contributed by atoms with Crippen LogP contribution in [0.3, 0.4) is 0 Å². The zero-order chi connectivity index (χ0) is 19.5. The summed E-state index contributed by atoms with van der Waals surface area (Å²) >= 11 is 0. The molecule has 0 saturated carbocycles. The van der Waals surface area contributed by atoms with Gasteiger partial charge in [0.15, 0.2) is 0 Å². The number of imide groups is 1. The van der Waals surface area contributed by atoms with Crippen LogP contribution >= 0.6 is 0 Å². The number of hydroxylamine groups is 2. The van der Waals surface area contributed by atoms with Crippen molar-refractivity contribution in [3.63, 3.8) is 0 Å². The molecule has 0 unspecified atom stereocenters. The van der Waals surface area contributed by atoms with Gasteiger partial charge in [-0.05, 0) is 17.5 Å². The molecule has 0 atom stereocenters. The van der Waals surface area contributed by atoms with E-state index >= 15 is 0 Å². The van der Waals surface area contributed by atoms with E-state index in [2.05, 4.69) is 4.28 Å². The highest BCUT2D eigenvalue weighted by Gasteiger charge is 2.69. The first kappa shape index (κ1) is 18.2. The quantitative estimate of drug-likeness (QED) is 0.590. The number of carbonyl (C=O) groups excluding carboxylic acids is 2. The van der Waals surface area contributed by atoms with Gasteiger partial charge in [0.1, 0.15) is 0 Å². The molecule has 0 fully saturated rings. The zero-order valence-electron chi connectivity index (χ0n) is 12.3. The Morgan fingerprint density at radius 1 is 0.846 bits per heavy atom. The number of carbonyl (C=O) groups is 2. The second kappa shape index (κ2) is 5.45. The van der Waals surface area contributed by atoms with Gasteiger partial charge in [-0.25, -0.2) is 0 Å². The van der Waals surface area contributed by atoms with Crippen molar-refractivity contribution >= 4 is 32.7 Å². The standard InChI is InChI=1S/C14H6F5NO5S/c15-13(16,17)14(18,19)26(23,24)25-20-11(21)8-5-1-3-7-4-2-6-9(10(7)8)12(20)22/h1-6H. The second-order valence-corrected chi connectivity index (χ2v) is 6.73. The van der Waals surface area contributed by atoms with Crippen molar-refractivity contribution in [3.8, 4) is 0 Å². The van der Waals surface area contributed by atoms with E-state index in [9.17, 15) is 40.0 Å². The lowest BCUT2D eigenvalue weighted by atomic mass is 9.95. The van der Waals surface area contributed by atoms with Crippen molar-refractivity contribution in [2.45, 2.75) is 11.4 Å². The number of hydrogen-bond acceptors (Lipinski definition) is 5. The Morgan fingerprint density at radius 2 is 1.31 bits per heavy atom. The van der Waals surface area contributed by atoms with Crippen molar-refractivity contribution in [3.05, 3.63) is 47.5 Å².